The second kappa shape index (κ2) is 7.70. The van der Waals surface area contributed by atoms with Crippen LogP contribution in [0, 0.1) is 6.92 Å². The van der Waals surface area contributed by atoms with Crippen molar-refractivity contribution >= 4 is 11.8 Å². The van der Waals surface area contributed by atoms with Gasteiger partial charge in [0.15, 0.2) is 0 Å². The molecule has 0 fully saturated rings. The number of hydrogen-bond acceptors (Lipinski definition) is 3. The lowest BCUT2D eigenvalue weighted by Crippen LogP contribution is -2.31. The number of benzene rings is 1. The molecule has 3 heteroatoms. The van der Waals surface area contributed by atoms with E-state index in [1.807, 2.05) is 11.8 Å². The van der Waals surface area contributed by atoms with Gasteiger partial charge in [0.05, 0.1) is 7.11 Å². The molecule has 0 aliphatic carbocycles. The Kier molecular flexibility index (Phi) is 6.58. The molecule has 2 nitrogen and oxygen atoms in total. The van der Waals surface area contributed by atoms with Gasteiger partial charge < -0.3 is 10.1 Å². The first-order chi connectivity index (χ1) is 8.58. The van der Waals surface area contributed by atoms with Crippen molar-refractivity contribution < 1.29 is 4.74 Å². The van der Waals surface area contributed by atoms with Gasteiger partial charge in [-0.15, -0.1) is 0 Å². The average molecular weight is 267 g/mol. The molecule has 0 radical (unpaired) electrons. The molecule has 0 bridgehead atoms. The number of ether oxygens (including phenoxy) is 1. The van der Waals surface area contributed by atoms with Crippen molar-refractivity contribution in [2.75, 3.05) is 18.6 Å². The predicted octanol–water partition coefficient (Wildman–Crippen LogP) is 3.80. The summed E-state index contributed by atoms with van der Waals surface area (Å²) < 4.78 is 5.46. The lowest BCUT2D eigenvalue weighted by molar-refractivity contribution is 0.398. The van der Waals surface area contributed by atoms with Crippen LogP contribution in [0.25, 0.3) is 0 Å². The lowest BCUT2D eigenvalue weighted by atomic mass is 10.0. The van der Waals surface area contributed by atoms with Gasteiger partial charge in [-0.3, -0.25) is 0 Å². The maximum absolute atomic E-state index is 5.46. The summed E-state index contributed by atoms with van der Waals surface area (Å²) in [6.07, 6.45) is 0. The third-order valence-electron chi connectivity index (χ3n) is 2.96. The van der Waals surface area contributed by atoms with Gasteiger partial charge in [0, 0.05) is 23.4 Å². The third kappa shape index (κ3) is 4.54. The number of hydrogen-bond donors (Lipinski definition) is 1. The van der Waals surface area contributed by atoms with Gasteiger partial charge in [-0.1, -0.05) is 19.1 Å². The highest BCUT2D eigenvalue weighted by molar-refractivity contribution is 7.99. The third-order valence-corrected chi connectivity index (χ3v) is 4.11. The van der Waals surface area contributed by atoms with Crippen molar-refractivity contribution in [2.24, 2.45) is 0 Å². The maximum atomic E-state index is 5.46. The summed E-state index contributed by atoms with van der Waals surface area (Å²) in [6.45, 7) is 8.72. The Balaban J connectivity index is 2.68. The summed E-state index contributed by atoms with van der Waals surface area (Å²) in [7, 11) is 1.74. The Morgan fingerprint density at radius 1 is 1.33 bits per heavy atom. The van der Waals surface area contributed by atoms with E-state index in [1.54, 1.807) is 7.11 Å². The smallest absolute Gasteiger partial charge is 0.123 e. The maximum Gasteiger partial charge on any atom is 0.123 e. The van der Waals surface area contributed by atoms with E-state index >= 15 is 0 Å². The van der Waals surface area contributed by atoms with Crippen LogP contribution in [0.15, 0.2) is 18.2 Å². The van der Waals surface area contributed by atoms with Crippen LogP contribution in [0.2, 0.25) is 0 Å². The summed E-state index contributed by atoms with van der Waals surface area (Å²) in [4.78, 5) is 0. The predicted molar refractivity (Wildman–Crippen MR) is 81.7 cm³/mol. The molecular weight excluding hydrogens is 242 g/mol. The van der Waals surface area contributed by atoms with E-state index in [4.69, 9.17) is 4.74 Å². The summed E-state index contributed by atoms with van der Waals surface area (Å²) in [5.74, 6) is 3.30. The number of rotatable bonds is 7. The molecule has 18 heavy (non-hydrogen) atoms. The van der Waals surface area contributed by atoms with Crippen molar-refractivity contribution in [1.29, 1.82) is 0 Å². The highest BCUT2D eigenvalue weighted by Gasteiger charge is 2.13. The molecule has 1 rings (SSSR count). The minimum atomic E-state index is 0.313. The van der Waals surface area contributed by atoms with Crippen LogP contribution in [-0.2, 0) is 0 Å². The summed E-state index contributed by atoms with van der Waals surface area (Å²) in [6, 6.07) is 7.22. The van der Waals surface area contributed by atoms with Gasteiger partial charge >= 0.3 is 0 Å². The van der Waals surface area contributed by atoms with Gasteiger partial charge in [-0.2, -0.15) is 11.8 Å². The van der Waals surface area contributed by atoms with E-state index in [1.165, 1.54) is 16.9 Å². The Labute approximate surface area is 116 Å². The standard InChI is InChI=1S/C15H25NOS/c1-6-18-10-12(3)16-13(4)14-8-7-11(2)9-15(14)17-5/h7-9,12-13,16H,6,10H2,1-5H3. The molecule has 0 saturated carbocycles. The second-order valence-corrected chi connectivity index (χ2v) is 6.01. The van der Waals surface area contributed by atoms with Crippen LogP contribution in [0.3, 0.4) is 0 Å². The van der Waals surface area contributed by atoms with Crippen molar-refractivity contribution in [1.82, 2.24) is 5.32 Å². The summed E-state index contributed by atoms with van der Waals surface area (Å²) >= 11 is 1.97. The fourth-order valence-corrected chi connectivity index (χ4v) is 2.72. The highest BCUT2D eigenvalue weighted by atomic mass is 32.2. The largest absolute Gasteiger partial charge is 0.496 e. The Morgan fingerprint density at radius 2 is 2.06 bits per heavy atom. The van der Waals surface area contributed by atoms with E-state index < -0.39 is 0 Å². The molecule has 102 valence electrons. The van der Waals surface area contributed by atoms with Crippen molar-refractivity contribution in [3.8, 4) is 5.75 Å². The van der Waals surface area contributed by atoms with Crippen LogP contribution in [0.1, 0.15) is 37.9 Å². The molecule has 0 aromatic heterocycles. The van der Waals surface area contributed by atoms with E-state index in [2.05, 4.69) is 51.2 Å². The minimum absolute atomic E-state index is 0.313. The Hall–Kier alpha value is -0.670. The minimum Gasteiger partial charge on any atom is -0.496 e. The van der Waals surface area contributed by atoms with Crippen molar-refractivity contribution in [3.63, 3.8) is 0 Å². The molecule has 0 aliphatic rings. The number of aryl methyl sites for hydroxylation is 1. The van der Waals surface area contributed by atoms with E-state index in [-0.39, 0.29) is 0 Å². The quantitative estimate of drug-likeness (QED) is 0.812. The lowest BCUT2D eigenvalue weighted by Gasteiger charge is -2.22. The van der Waals surface area contributed by atoms with Crippen LogP contribution in [-0.4, -0.2) is 24.7 Å². The first-order valence-electron chi connectivity index (χ1n) is 6.56. The van der Waals surface area contributed by atoms with E-state index in [9.17, 15) is 0 Å². The monoisotopic (exact) mass is 267 g/mol. The van der Waals surface area contributed by atoms with Crippen LogP contribution >= 0.6 is 11.8 Å². The summed E-state index contributed by atoms with van der Waals surface area (Å²) in [5.41, 5.74) is 2.47. The molecule has 1 N–H and O–H groups in total. The fourth-order valence-electron chi connectivity index (χ4n) is 2.04. The molecule has 0 heterocycles. The molecule has 0 spiro atoms. The van der Waals surface area contributed by atoms with E-state index in [0.29, 0.717) is 12.1 Å². The highest BCUT2D eigenvalue weighted by Crippen LogP contribution is 2.26. The van der Waals surface area contributed by atoms with Crippen LogP contribution in [0.5, 0.6) is 5.75 Å². The topological polar surface area (TPSA) is 21.3 Å². The van der Waals surface area contributed by atoms with E-state index in [0.717, 1.165) is 11.5 Å². The number of thioether (sulfide) groups is 1. The van der Waals surface area contributed by atoms with Crippen LogP contribution < -0.4 is 10.1 Å². The van der Waals surface area contributed by atoms with Gasteiger partial charge in [0.2, 0.25) is 0 Å². The zero-order valence-corrected chi connectivity index (χ0v) is 12.9. The number of nitrogens with one attached hydrogen (secondary N) is 1. The SMILES string of the molecule is CCSCC(C)NC(C)c1ccc(C)cc1OC. The van der Waals surface area contributed by atoms with Gasteiger partial charge in [-0.25, -0.2) is 0 Å². The molecule has 0 aliphatic heterocycles. The Morgan fingerprint density at radius 3 is 2.67 bits per heavy atom. The molecule has 1 aromatic carbocycles. The Bertz CT molecular complexity index is 368. The summed E-state index contributed by atoms with van der Waals surface area (Å²) in [5, 5.41) is 3.62. The van der Waals surface area contributed by atoms with Gasteiger partial charge in [-0.05, 0) is 38.2 Å². The average Bonchev–Trinajstić information content (AvgIpc) is 2.35. The number of methoxy groups -OCH3 is 1. The van der Waals surface area contributed by atoms with Crippen LogP contribution in [0.4, 0.5) is 0 Å². The van der Waals surface area contributed by atoms with Gasteiger partial charge in [0.1, 0.15) is 5.75 Å². The first kappa shape index (κ1) is 15.4. The second-order valence-electron chi connectivity index (χ2n) is 4.69. The van der Waals surface area contributed by atoms with Gasteiger partial charge in [0.25, 0.3) is 0 Å². The zero-order chi connectivity index (χ0) is 13.5. The molecule has 2 unspecified atom stereocenters. The fraction of sp³-hybridized carbons (Fsp3) is 0.600. The molecule has 0 amide bonds. The molecule has 0 saturated heterocycles. The molecule has 2 atom stereocenters. The van der Waals surface area contributed by atoms with Crippen molar-refractivity contribution in [3.05, 3.63) is 29.3 Å². The normalized spacial score (nSPS) is 14.3. The first-order valence-corrected chi connectivity index (χ1v) is 7.72. The van der Waals surface area contributed by atoms with Crippen molar-refractivity contribution in [2.45, 2.75) is 39.8 Å². The zero-order valence-electron chi connectivity index (χ0n) is 12.1. The molecule has 1 aromatic rings. The molecular formula is C15H25NOS.